The van der Waals surface area contributed by atoms with Crippen LogP contribution in [0.2, 0.25) is 5.02 Å². The zero-order valence-electron chi connectivity index (χ0n) is 15.7. The van der Waals surface area contributed by atoms with Crippen LogP contribution in [0.3, 0.4) is 0 Å². The Morgan fingerprint density at radius 2 is 1.82 bits per heavy atom. The first-order valence-electron chi connectivity index (χ1n) is 9.14. The molecule has 0 atom stereocenters. The monoisotopic (exact) mass is 421 g/mol. The first-order valence-corrected chi connectivity index (χ1v) is 11.4. The Morgan fingerprint density at radius 3 is 2.46 bits per heavy atom. The fraction of sp³-hybridized carbons (Fsp3) is 0.350. The summed E-state index contributed by atoms with van der Waals surface area (Å²) in [5.74, 6) is -0.206. The predicted molar refractivity (Wildman–Crippen MR) is 113 cm³/mol. The molecule has 8 heteroatoms. The summed E-state index contributed by atoms with van der Waals surface area (Å²) < 4.78 is 23.4. The Kier molecular flexibility index (Phi) is 6.59. The molecule has 6 nitrogen and oxygen atoms in total. The van der Waals surface area contributed by atoms with E-state index in [9.17, 15) is 13.2 Å². The van der Waals surface area contributed by atoms with Crippen LogP contribution in [0.1, 0.15) is 12.8 Å². The molecule has 150 valence electrons. The third-order valence-electron chi connectivity index (χ3n) is 4.74. The van der Waals surface area contributed by atoms with Crippen LogP contribution in [0, 0.1) is 0 Å². The number of nitrogens with zero attached hydrogens (tertiary/aromatic N) is 1. The zero-order chi connectivity index (χ0) is 20.1. The van der Waals surface area contributed by atoms with Crippen molar-refractivity contribution in [2.75, 3.05) is 36.5 Å². The normalized spacial score (nSPS) is 15.9. The fourth-order valence-electron chi connectivity index (χ4n) is 3.23. The van der Waals surface area contributed by atoms with E-state index < -0.39 is 9.84 Å². The number of hydrogen-bond donors (Lipinski definition) is 2. The van der Waals surface area contributed by atoms with Crippen LogP contribution in [0.4, 0.5) is 11.4 Å². The van der Waals surface area contributed by atoms with E-state index in [1.165, 1.54) is 18.2 Å². The SMILES string of the molecule is CS(=O)(=O)c1ccc(Cl)c(NC(=O)CN2CCC(Nc3ccccc3)CC2)c1. The molecule has 0 saturated carbocycles. The van der Waals surface area contributed by atoms with E-state index in [-0.39, 0.29) is 17.3 Å². The number of amides is 1. The molecule has 1 amide bonds. The lowest BCUT2D eigenvalue weighted by Crippen LogP contribution is -2.42. The van der Waals surface area contributed by atoms with Gasteiger partial charge < -0.3 is 10.6 Å². The maximum Gasteiger partial charge on any atom is 0.238 e. The lowest BCUT2D eigenvalue weighted by Gasteiger charge is -2.32. The Bertz CT molecular complexity index is 927. The zero-order valence-corrected chi connectivity index (χ0v) is 17.3. The lowest BCUT2D eigenvalue weighted by molar-refractivity contribution is -0.117. The van der Waals surface area contributed by atoms with Gasteiger partial charge in [-0.05, 0) is 43.2 Å². The molecule has 1 saturated heterocycles. The summed E-state index contributed by atoms with van der Waals surface area (Å²) in [5, 5.41) is 6.56. The molecule has 28 heavy (non-hydrogen) atoms. The molecular weight excluding hydrogens is 398 g/mol. The van der Waals surface area contributed by atoms with Gasteiger partial charge in [0.1, 0.15) is 0 Å². The van der Waals surface area contributed by atoms with Gasteiger partial charge in [0.15, 0.2) is 9.84 Å². The highest BCUT2D eigenvalue weighted by atomic mass is 35.5. The van der Waals surface area contributed by atoms with E-state index in [0.717, 1.165) is 37.9 Å². The first kappa shape index (κ1) is 20.6. The van der Waals surface area contributed by atoms with Crippen molar-refractivity contribution in [1.82, 2.24) is 4.90 Å². The number of carbonyl (C=O) groups is 1. The average Bonchev–Trinajstić information content (AvgIpc) is 2.65. The number of benzene rings is 2. The number of piperidine rings is 1. The largest absolute Gasteiger partial charge is 0.382 e. The Labute approximate surface area is 170 Å². The minimum Gasteiger partial charge on any atom is -0.382 e. The van der Waals surface area contributed by atoms with Gasteiger partial charge in [-0.1, -0.05) is 29.8 Å². The highest BCUT2D eigenvalue weighted by molar-refractivity contribution is 7.90. The number of carbonyl (C=O) groups excluding carboxylic acids is 1. The number of para-hydroxylation sites is 1. The van der Waals surface area contributed by atoms with Crippen LogP contribution >= 0.6 is 11.6 Å². The number of sulfone groups is 1. The van der Waals surface area contributed by atoms with Gasteiger partial charge in [-0.3, -0.25) is 9.69 Å². The van der Waals surface area contributed by atoms with E-state index in [1.807, 2.05) is 30.3 Å². The molecule has 2 aromatic rings. The van der Waals surface area contributed by atoms with Gasteiger partial charge in [0.2, 0.25) is 5.91 Å². The molecule has 2 aromatic carbocycles. The average molecular weight is 422 g/mol. The third-order valence-corrected chi connectivity index (χ3v) is 6.18. The van der Waals surface area contributed by atoms with E-state index >= 15 is 0 Å². The molecule has 1 aliphatic heterocycles. The number of hydrogen-bond acceptors (Lipinski definition) is 5. The Morgan fingerprint density at radius 1 is 1.14 bits per heavy atom. The number of likely N-dealkylation sites (tertiary alicyclic amines) is 1. The van der Waals surface area contributed by atoms with Crippen molar-refractivity contribution >= 4 is 38.7 Å². The molecular formula is C20H24ClN3O3S. The molecule has 1 heterocycles. The van der Waals surface area contributed by atoms with Crippen molar-refractivity contribution in [2.24, 2.45) is 0 Å². The Hall–Kier alpha value is -2.09. The quantitative estimate of drug-likeness (QED) is 0.748. The van der Waals surface area contributed by atoms with Crippen molar-refractivity contribution in [3.63, 3.8) is 0 Å². The van der Waals surface area contributed by atoms with Crippen LogP contribution in [0.5, 0.6) is 0 Å². The summed E-state index contributed by atoms with van der Waals surface area (Å²) in [7, 11) is -3.36. The van der Waals surface area contributed by atoms with Gasteiger partial charge in [0.25, 0.3) is 0 Å². The van der Waals surface area contributed by atoms with Crippen molar-refractivity contribution in [2.45, 2.75) is 23.8 Å². The smallest absolute Gasteiger partial charge is 0.238 e. The lowest BCUT2D eigenvalue weighted by atomic mass is 10.0. The second-order valence-corrected chi connectivity index (χ2v) is 9.45. The third kappa shape index (κ3) is 5.70. The molecule has 0 bridgehead atoms. The number of halogens is 1. The second kappa shape index (κ2) is 8.94. The summed E-state index contributed by atoms with van der Waals surface area (Å²) in [6.45, 7) is 1.88. The molecule has 1 fully saturated rings. The second-order valence-electron chi connectivity index (χ2n) is 7.02. The van der Waals surface area contributed by atoms with E-state index in [2.05, 4.69) is 15.5 Å². The van der Waals surface area contributed by atoms with Gasteiger partial charge in [-0.2, -0.15) is 0 Å². The van der Waals surface area contributed by atoms with Crippen LogP contribution in [-0.2, 0) is 14.6 Å². The minimum atomic E-state index is -3.36. The first-order chi connectivity index (χ1) is 13.3. The van der Waals surface area contributed by atoms with Crippen molar-refractivity contribution in [3.05, 3.63) is 53.6 Å². The molecule has 0 spiro atoms. The molecule has 1 aliphatic rings. The predicted octanol–water partition coefficient (Wildman–Crippen LogP) is 3.26. The topological polar surface area (TPSA) is 78.5 Å². The summed E-state index contributed by atoms with van der Waals surface area (Å²) in [5.41, 5.74) is 1.43. The molecule has 0 aliphatic carbocycles. The molecule has 0 radical (unpaired) electrons. The Balaban J connectivity index is 1.51. The van der Waals surface area contributed by atoms with Crippen molar-refractivity contribution < 1.29 is 13.2 Å². The van der Waals surface area contributed by atoms with Crippen LogP contribution < -0.4 is 10.6 Å². The van der Waals surface area contributed by atoms with Gasteiger partial charge >= 0.3 is 0 Å². The molecule has 2 N–H and O–H groups in total. The standard InChI is InChI=1S/C20H24ClN3O3S/c1-28(26,27)17-7-8-18(21)19(13-17)23-20(25)14-24-11-9-16(10-12-24)22-15-5-3-2-4-6-15/h2-8,13,16,22H,9-12,14H2,1H3,(H,23,25). The maximum absolute atomic E-state index is 12.4. The highest BCUT2D eigenvalue weighted by Crippen LogP contribution is 2.25. The van der Waals surface area contributed by atoms with E-state index in [0.29, 0.717) is 16.8 Å². The van der Waals surface area contributed by atoms with Crippen LogP contribution in [0.15, 0.2) is 53.4 Å². The number of rotatable bonds is 6. The number of anilines is 2. The molecule has 3 rings (SSSR count). The van der Waals surface area contributed by atoms with Crippen molar-refractivity contribution in [3.8, 4) is 0 Å². The van der Waals surface area contributed by atoms with Crippen LogP contribution in [0.25, 0.3) is 0 Å². The van der Waals surface area contributed by atoms with Crippen LogP contribution in [-0.4, -0.2) is 51.2 Å². The molecule has 0 aromatic heterocycles. The number of nitrogens with one attached hydrogen (secondary N) is 2. The highest BCUT2D eigenvalue weighted by Gasteiger charge is 2.21. The minimum absolute atomic E-state index is 0.125. The summed E-state index contributed by atoms with van der Waals surface area (Å²) >= 11 is 6.10. The summed E-state index contributed by atoms with van der Waals surface area (Å²) in [6.07, 6.45) is 3.02. The maximum atomic E-state index is 12.4. The van der Waals surface area contributed by atoms with Gasteiger partial charge in [-0.15, -0.1) is 0 Å². The summed E-state index contributed by atoms with van der Waals surface area (Å²) in [6, 6.07) is 14.8. The van der Waals surface area contributed by atoms with Gasteiger partial charge in [0, 0.05) is 31.1 Å². The van der Waals surface area contributed by atoms with Crippen molar-refractivity contribution in [1.29, 1.82) is 0 Å². The van der Waals surface area contributed by atoms with Gasteiger partial charge in [0.05, 0.1) is 22.2 Å². The summed E-state index contributed by atoms with van der Waals surface area (Å²) in [4.78, 5) is 14.6. The van der Waals surface area contributed by atoms with E-state index in [1.54, 1.807) is 0 Å². The molecule has 0 unspecified atom stereocenters. The van der Waals surface area contributed by atoms with Gasteiger partial charge in [-0.25, -0.2) is 8.42 Å². The fourth-order valence-corrected chi connectivity index (χ4v) is 4.04. The van der Waals surface area contributed by atoms with E-state index in [4.69, 9.17) is 11.6 Å².